The number of benzene rings is 8. The highest BCUT2D eigenvalue weighted by Gasteiger charge is 2.22. The number of furan rings is 1. The van der Waals surface area contributed by atoms with Crippen molar-refractivity contribution >= 4 is 65.6 Å². The van der Waals surface area contributed by atoms with Gasteiger partial charge in [0.2, 0.25) is 5.89 Å². The van der Waals surface area contributed by atoms with Gasteiger partial charge in [0.25, 0.3) is 0 Å². The van der Waals surface area contributed by atoms with Crippen LogP contribution in [0.5, 0.6) is 0 Å². The van der Waals surface area contributed by atoms with E-state index in [9.17, 15) is 0 Å². The Morgan fingerprint density at radius 2 is 1.04 bits per heavy atom. The van der Waals surface area contributed by atoms with Gasteiger partial charge in [-0.2, -0.15) is 0 Å². The molecule has 0 saturated heterocycles. The van der Waals surface area contributed by atoms with Gasteiger partial charge < -0.3 is 13.4 Å². The minimum absolute atomic E-state index is 0.536. The molecule has 8 aromatic carbocycles. The number of hydrogen-bond acceptors (Lipinski definition) is 6. The van der Waals surface area contributed by atoms with Crippen molar-refractivity contribution in [3.8, 4) is 51.3 Å². The number of hydrogen-bond donors (Lipinski definition) is 0. The molecule has 0 saturated carbocycles. The van der Waals surface area contributed by atoms with Crippen LogP contribution in [-0.2, 0) is 0 Å². The predicted octanol–water partition coefficient (Wildman–Crippen LogP) is 12.8. The molecule has 0 aliphatic carbocycles. The SMILES string of the molecule is c1ccc(-c2nc(-c3cccc(-n4c5c6ccccc6ccc5c5ccc6nc(-c7ccccc7)oc6c54)c3)nc(-c3cccc4c3oc3ccccc34)n2)cc1. The average molecular weight is 732 g/mol. The summed E-state index contributed by atoms with van der Waals surface area (Å²) in [6, 6.07) is 59.9. The lowest BCUT2D eigenvalue weighted by Gasteiger charge is -2.12. The molecule has 0 N–H and O–H groups in total. The molecule has 0 bridgehead atoms. The van der Waals surface area contributed by atoms with Gasteiger partial charge in [0, 0.05) is 49.3 Å². The molecule has 7 nitrogen and oxygen atoms in total. The zero-order chi connectivity index (χ0) is 37.5. The van der Waals surface area contributed by atoms with Crippen LogP contribution in [0, 0.1) is 0 Å². The van der Waals surface area contributed by atoms with Crippen LogP contribution in [0.1, 0.15) is 0 Å². The van der Waals surface area contributed by atoms with E-state index in [1.54, 1.807) is 0 Å². The highest BCUT2D eigenvalue weighted by atomic mass is 16.3. The van der Waals surface area contributed by atoms with Gasteiger partial charge in [0.15, 0.2) is 23.1 Å². The number of nitrogens with zero attached hydrogens (tertiary/aromatic N) is 5. The Labute approximate surface area is 325 Å². The molecule has 0 fully saturated rings. The standard InChI is InChI=1S/C50H29N5O2/c1-3-14-31(15-4-1)47-52-48(54-49(53-47)40-23-12-22-39-36-21-9-10-24-42(36)56-45(39)40)33-18-11-19-34(29-33)55-43-35-20-8-7-13-30(35)25-26-37(43)38-27-28-41-46(44(38)55)57-50(51-41)32-16-5-2-6-17-32/h1-29H. The van der Waals surface area contributed by atoms with Crippen LogP contribution in [0.25, 0.3) is 117 Å². The maximum absolute atomic E-state index is 6.70. The van der Waals surface area contributed by atoms with Crippen LogP contribution >= 0.6 is 0 Å². The maximum Gasteiger partial charge on any atom is 0.227 e. The fourth-order valence-corrected chi connectivity index (χ4v) is 8.25. The third-order valence-corrected chi connectivity index (χ3v) is 10.9. The van der Waals surface area contributed by atoms with Crippen LogP contribution in [0.4, 0.5) is 0 Å². The molecule has 7 heteroatoms. The van der Waals surface area contributed by atoms with Gasteiger partial charge in [-0.15, -0.1) is 0 Å². The Morgan fingerprint density at radius 3 is 1.89 bits per heavy atom. The third kappa shape index (κ3) is 4.92. The van der Waals surface area contributed by atoms with Crippen LogP contribution < -0.4 is 0 Å². The first-order valence-electron chi connectivity index (χ1n) is 18.9. The summed E-state index contributed by atoms with van der Waals surface area (Å²) in [6.07, 6.45) is 0. The molecule has 266 valence electrons. The van der Waals surface area contributed by atoms with Crippen molar-refractivity contribution < 1.29 is 8.83 Å². The van der Waals surface area contributed by atoms with Gasteiger partial charge in [-0.3, -0.25) is 0 Å². The van der Waals surface area contributed by atoms with E-state index in [0.717, 1.165) is 93.6 Å². The Bertz CT molecular complexity index is 3530. The second kappa shape index (κ2) is 12.3. The highest BCUT2D eigenvalue weighted by molar-refractivity contribution is 6.22. The average Bonchev–Trinajstić information content (AvgIpc) is 3.99. The summed E-state index contributed by atoms with van der Waals surface area (Å²) in [5, 5.41) is 6.56. The summed E-state index contributed by atoms with van der Waals surface area (Å²) in [5.41, 5.74) is 9.52. The van der Waals surface area contributed by atoms with Crippen molar-refractivity contribution in [1.82, 2.24) is 24.5 Å². The summed E-state index contributed by atoms with van der Waals surface area (Å²) in [6.45, 7) is 0. The maximum atomic E-state index is 6.70. The second-order valence-corrected chi connectivity index (χ2v) is 14.2. The van der Waals surface area contributed by atoms with Crippen LogP contribution in [0.3, 0.4) is 0 Å². The molecule has 0 atom stereocenters. The van der Waals surface area contributed by atoms with Crippen molar-refractivity contribution in [3.63, 3.8) is 0 Å². The van der Waals surface area contributed by atoms with Crippen LogP contribution in [0.2, 0.25) is 0 Å². The summed E-state index contributed by atoms with van der Waals surface area (Å²) in [7, 11) is 0. The molecule has 4 aromatic heterocycles. The lowest BCUT2D eigenvalue weighted by molar-refractivity contribution is 0.622. The molecule has 57 heavy (non-hydrogen) atoms. The lowest BCUT2D eigenvalue weighted by atomic mass is 10.1. The van der Waals surface area contributed by atoms with E-state index >= 15 is 0 Å². The van der Waals surface area contributed by atoms with Gasteiger partial charge >= 0.3 is 0 Å². The molecule has 0 radical (unpaired) electrons. The van der Waals surface area contributed by atoms with Gasteiger partial charge in [0.1, 0.15) is 16.7 Å². The second-order valence-electron chi connectivity index (χ2n) is 14.2. The van der Waals surface area contributed by atoms with Crippen LogP contribution in [0.15, 0.2) is 185 Å². The van der Waals surface area contributed by atoms with Crippen molar-refractivity contribution in [3.05, 3.63) is 176 Å². The monoisotopic (exact) mass is 731 g/mol. The van der Waals surface area contributed by atoms with E-state index in [1.807, 2.05) is 91.0 Å². The van der Waals surface area contributed by atoms with Crippen LogP contribution in [-0.4, -0.2) is 24.5 Å². The number of aromatic nitrogens is 5. The van der Waals surface area contributed by atoms with Crippen molar-refractivity contribution in [2.45, 2.75) is 0 Å². The van der Waals surface area contributed by atoms with E-state index in [-0.39, 0.29) is 0 Å². The van der Waals surface area contributed by atoms with Gasteiger partial charge in [-0.25, -0.2) is 19.9 Å². The molecular formula is C50H29N5O2. The minimum atomic E-state index is 0.536. The van der Waals surface area contributed by atoms with E-state index < -0.39 is 0 Å². The first-order valence-corrected chi connectivity index (χ1v) is 18.9. The molecule has 12 aromatic rings. The molecule has 0 amide bonds. The summed E-state index contributed by atoms with van der Waals surface area (Å²) >= 11 is 0. The topological polar surface area (TPSA) is 82.8 Å². The molecule has 0 spiro atoms. The Morgan fingerprint density at radius 1 is 0.386 bits per heavy atom. The van der Waals surface area contributed by atoms with E-state index in [4.69, 9.17) is 28.8 Å². The largest absolute Gasteiger partial charge is 0.455 e. The number of rotatable bonds is 5. The zero-order valence-corrected chi connectivity index (χ0v) is 30.3. The first kappa shape index (κ1) is 31.5. The summed E-state index contributed by atoms with van der Waals surface area (Å²) in [4.78, 5) is 20.3. The Hall–Kier alpha value is -7.90. The Balaban J connectivity index is 1.12. The fourth-order valence-electron chi connectivity index (χ4n) is 8.25. The van der Waals surface area contributed by atoms with E-state index in [2.05, 4.69) is 89.5 Å². The number of oxazole rings is 1. The lowest BCUT2D eigenvalue weighted by Crippen LogP contribution is -2.01. The quantitative estimate of drug-likeness (QED) is 0.175. The summed E-state index contributed by atoms with van der Waals surface area (Å²) in [5.74, 6) is 2.25. The third-order valence-electron chi connectivity index (χ3n) is 10.9. The Kier molecular flexibility index (Phi) is 6.79. The van der Waals surface area contributed by atoms with Gasteiger partial charge in [-0.1, -0.05) is 127 Å². The number of fused-ring (bicyclic) bond motifs is 10. The summed E-state index contributed by atoms with van der Waals surface area (Å²) < 4.78 is 15.5. The van der Waals surface area contributed by atoms with Crippen molar-refractivity contribution in [1.29, 1.82) is 0 Å². The first-order chi connectivity index (χ1) is 28.2. The molecule has 0 unspecified atom stereocenters. The van der Waals surface area contributed by atoms with E-state index in [1.165, 1.54) is 0 Å². The molecule has 0 aliphatic heterocycles. The fraction of sp³-hybridized carbons (Fsp3) is 0. The number of para-hydroxylation sites is 2. The highest BCUT2D eigenvalue weighted by Crippen LogP contribution is 2.42. The van der Waals surface area contributed by atoms with E-state index in [0.29, 0.717) is 23.4 Å². The molecular weight excluding hydrogens is 703 g/mol. The normalized spacial score (nSPS) is 11.9. The van der Waals surface area contributed by atoms with Gasteiger partial charge in [0.05, 0.1) is 16.6 Å². The smallest absolute Gasteiger partial charge is 0.227 e. The van der Waals surface area contributed by atoms with Gasteiger partial charge in [-0.05, 0) is 53.9 Å². The van der Waals surface area contributed by atoms with Crippen molar-refractivity contribution in [2.75, 3.05) is 0 Å². The van der Waals surface area contributed by atoms with Crippen molar-refractivity contribution in [2.24, 2.45) is 0 Å². The molecule has 12 rings (SSSR count). The minimum Gasteiger partial charge on any atom is -0.455 e. The molecule has 4 heterocycles. The zero-order valence-electron chi connectivity index (χ0n) is 30.3. The predicted molar refractivity (Wildman–Crippen MR) is 228 cm³/mol. The molecule has 0 aliphatic rings.